The lowest BCUT2D eigenvalue weighted by atomic mass is 10.0. The third-order valence-corrected chi connectivity index (χ3v) is 3.67. The average Bonchev–Trinajstić information content (AvgIpc) is 2.55. The van der Waals surface area contributed by atoms with Gasteiger partial charge in [-0.15, -0.1) is 0 Å². The highest BCUT2D eigenvalue weighted by atomic mass is 16.5. The number of nitrogens with zero attached hydrogens (tertiary/aromatic N) is 1. The summed E-state index contributed by atoms with van der Waals surface area (Å²) in [7, 11) is 1.71. The summed E-state index contributed by atoms with van der Waals surface area (Å²) in [5.74, 6) is 0.122. The second kappa shape index (κ2) is 5.72. The minimum atomic E-state index is -0.213. The molecule has 1 aliphatic rings. The van der Waals surface area contributed by atoms with Crippen LogP contribution < -0.4 is 10.2 Å². The van der Waals surface area contributed by atoms with Gasteiger partial charge >= 0.3 is 0 Å². The molecule has 0 aromatic heterocycles. The number of ether oxygens (including phenoxy) is 1. The largest absolute Gasteiger partial charge is 0.379 e. The van der Waals surface area contributed by atoms with Crippen molar-refractivity contribution in [3.63, 3.8) is 0 Å². The van der Waals surface area contributed by atoms with Crippen LogP contribution in [-0.2, 0) is 16.1 Å². The van der Waals surface area contributed by atoms with E-state index in [1.807, 2.05) is 36.9 Å². The van der Waals surface area contributed by atoms with E-state index in [1.54, 1.807) is 7.11 Å². The maximum absolute atomic E-state index is 12.2. The van der Waals surface area contributed by atoms with Gasteiger partial charge in [-0.05, 0) is 31.9 Å². The van der Waals surface area contributed by atoms with E-state index in [0.29, 0.717) is 13.1 Å². The van der Waals surface area contributed by atoms with E-state index in [2.05, 4.69) is 11.4 Å². The lowest BCUT2D eigenvalue weighted by Crippen LogP contribution is -2.39. The number of carbonyl (C=O) groups is 1. The van der Waals surface area contributed by atoms with Crippen molar-refractivity contribution in [3.05, 3.63) is 29.8 Å². The highest BCUT2D eigenvalue weighted by Crippen LogP contribution is 2.24. The Morgan fingerprint density at radius 3 is 2.79 bits per heavy atom. The number of para-hydroxylation sites is 1. The van der Waals surface area contributed by atoms with Crippen LogP contribution in [0, 0.1) is 0 Å². The number of rotatable bonds is 4. The van der Waals surface area contributed by atoms with E-state index in [1.165, 1.54) is 5.56 Å². The van der Waals surface area contributed by atoms with Crippen LogP contribution in [0.15, 0.2) is 24.3 Å². The van der Waals surface area contributed by atoms with Crippen molar-refractivity contribution in [3.8, 4) is 0 Å². The molecule has 4 nitrogen and oxygen atoms in total. The summed E-state index contributed by atoms with van der Waals surface area (Å²) in [6.07, 6.45) is 0.809. The van der Waals surface area contributed by atoms with Gasteiger partial charge in [0.15, 0.2) is 0 Å². The number of nitrogens with one attached hydrogen (secondary N) is 1. The van der Waals surface area contributed by atoms with E-state index >= 15 is 0 Å². The van der Waals surface area contributed by atoms with Crippen LogP contribution in [0.3, 0.4) is 0 Å². The molecule has 0 saturated heterocycles. The van der Waals surface area contributed by atoms with Gasteiger partial charge in [-0.25, -0.2) is 0 Å². The molecule has 0 radical (unpaired) electrons. The topological polar surface area (TPSA) is 41.6 Å². The first-order chi connectivity index (χ1) is 9.03. The van der Waals surface area contributed by atoms with Gasteiger partial charge < -0.3 is 15.0 Å². The number of fused-ring (bicyclic) bond motifs is 1. The van der Waals surface area contributed by atoms with Gasteiger partial charge in [0.1, 0.15) is 0 Å². The van der Waals surface area contributed by atoms with E-state index in [-0.39, 0.29) is 11.5 Å². The van der Waals surface area contributed by atoms with Crippen LogP contribution in [0.1, 0.15) is 25.8 Å². The molecule has 0 fully saturated rings. The van der Waals surface area contributed by atoms with E-state index < -0.39 is 0 Å². The quantitative estimate of drug-likeness (QED) is 0.901. The Balaban J connectivity index is 2.19. The first kappa shape index (κ1) is 14.0. The summed E-state index contributed by atoms with van der Waals surface area (Å²) in [6, 6.07) is 8.06. The maximum atomic E-state index is 12.2. The molecule has 104 valence electrons. The molecule has 1 amide bonds. The molecule has 1 aromatic rings. The molecule has 4 heteroatoms. The fourth-order valence-corrected chi connectivity index (χ4v) is 2.19. The standard InChI is InChI=1S/C15H22N2O2/c1-15(2,19-3)8-9-17-13-7-5-4-6-12(13)10-16-11-14(17)18/h4-7,16H,8-11H2,1-3H3. The van der Waals surface area contributed by atoms with Crippen LogP contribution in [0.2, 0.25) is 0 Å². The zero-order valence-corrected chi connectivity index (χ0v) is 11.9. The Kier molecular flexibility index (Phi) is 4.22. The monoisotopic (exact) mass is 262 g/mol. The highest BCUT2D eigenvalue weighted by molar-refractivity contribution is 5.96. The highest BCUT2D eigenvalue weighted by Gasteiger charge is 2.24. The second-order valence-electron chi connectivity index (χ2n) is 5.49. The van der Waals surface area contributed by atoms with E-state index in [9.17, 15) is 4.79 Å². The summed E-state index contributed by atoms with van der Waals surface area (Å²) in [5.41, 5.74) is 1.97. The van der Waals surface area contributed by atoms with Crippen molar-refractivity contribution >= 4 is 11.6 Å². The average molecular weight is 262 g/mol. The van der Waals surface area contributed by atoms with Gasteiger partial charge in [-0.3, -0.25) is 4.79 Å². The molecule has 0 saturated carbocycles. The van der Waals surface area contributed by atoms with Gasteiger partial charge in [0, 0.05) is 25.9 Å². The number of hydrogen-bond donors (Lipinski definition) is 1. The number of hydrogen-bond acceptors (Lipinski definition) is 3. The van der Waals surface area contributed by atoms with E-state index in [4.69, 9.17) is 4.74 Å². The smallest absolute Gasteiger partial charge is 0.240 e. The minimum absolute atomic E-state index is 0.122. The number of carbonyl (C=O) groups excluding carboxylic acids is 1. The number of amides is 1. The first-order valence-corrected chi connectivity index (χ1v) is 6.68. The molecular weight excluding hydrogens is 240 g/mol. The molecule has 0 aliphatic carbocycles. The van der Waals surface area contributed by atoms with Crippen molar-refractivity contribution < 1.29 is 9.53 Å². The second-order valence-corrected chi connectivity index (χ2v) is 5.49. The Morgan fingerprint density at radius 2 is 2.05 bits per heavy atom. The third-order valence-electron chi connectivity index (χ3n) is 3.67. The van der Waals surface area contributed by atoms with Gasteiger partial charge in [0.25, 0.3) is 0 Å². The van der Waals surface area contributed by atoms with Crippen LogP contribution in [-0.4, -0.2) is 31.7 Å². The van der Waals surface area contributed by atoms with Crippen molar-refractivity contribution in [1.29, 1.82) is 0 Å². The van der Waals surface area contributed by atoms with Crippen molar-refractivity contribution in [2.45, 2.75) is 32.4 Å². The minimum Gasteiger partial charge on any atom is -0.379 e. The summed E-state index contributed by atoms with van der Waals surface area (Å²) >= 11 is 0. The third kappa shape index (κ3) is 3.33. The Hall–Kier alpha value is -1.39. The van der Waals surface area contributed by atoms with E-state index in [0.717, 1.165) is 18.7 Å². The summed E-state index contributed by atoms with van der Waals surface area (Å²) in [5, 5.41) is 3.17. The molecule has 0 atom stereocenters. The Labute approximate surface area is 114 Å². The molecule has 1 aliphatic heterocycles. The normalized spacial score (nSPS) is 16.2. The molecule has 1 aromatic carbocycles. The van der Waals surface area contributed by atoms with Crippen molar-refractivity contribution in [2.24, 2.45) is 0 Å². The summed E-state index contributed by atoms with van der Waals surface area (Å²) in [4.78, 5) is 14.1. The molecule has 1 heterocycles. The summed E-state index contributed by atoms with van der Waals surface area (Å²) in [6.45, 7) is 5.89. The SMILES string of the molecule is COC(C)(C)CCN1C(=O)CNCc2ccccc21. The molecule has 0 spiro atoms. The van der Waals surface area contributed by atoms with Crippen molar-refractivity contribution in [1.82, 2.24) is 5.32 Å². The van der Waals surface area contributed by atoms with Gasteiger partial charge in [0.05, 0.1) is 12.1 Å². The molecule has 0 bridgehead atoms. The predicted molar refractivity (Wildman–Crippen MR) is 76.2 cm³/mol. The van der Waals surface area contributed by atoms with Crippen LogP contribution in [0.4, 0.5) is 5.69 Å². The van der Waals surface area contributed by atoms with Crippen LogP contribution in [0.5, 0.6) is 0 Å². The molecule has 0 unspecified atom stereocenters. The fraction of sp³-hybridized carbons (Fsp3) is 0.533. The number of benzene rings is 1. The van der Waals surface area contributed by atoms with Gasteiger partial charge in [0.2, 0.25) is 5.91 Å². The first-order valence-electron chi connectivity index (χ1n) is 6.68. The van der Waals surface area contributed by atoms with Crippen LogP contribution in [0.25, 0.3) is 0 Å². The molecule has 1 N–H and O–H groups in total. The lowest BCUT2D eigenvalue weighted by molar-refractivity contribution is -0.117. The van der Waals surface area contributed by atoms with Crippen molar-refractivity contribution in [2.75, 3.05) is 25.1 Å². The Morgan fingerprint density at radius 1 is 1.32 bits per heavy atom. The lowest BCUT2D eigenvalue weighted by Gasteiger charge is -2.28. The molecule has 2 rings (SSSR count). The van der Waals surface area contributed by atoms with Gasteiger partial charge in [-0.1, -0.05) is 18.2 Å². The number of anilines is 1. The zero-order valence-electron chi connectivity index (χ0n) is 11.9. The molecule has 19 heavy (non-hydrogen) atoms. The van der Waals surface area contributed by atoms with Gasteiger partial charge in [-0.2, -0.15) is 0 Å². The van der Waals surface area contributed by atoms with Crippen LogP contribution >= 0.6 is 0 Å². The fourth-order valence-electron chi connectivity index (χ4n) is 2.19. The summed E-state index contributed by atoms with van der Waals surface area (Å²) < 4.78 is 5.43. The zero-order chi connectivity index (χ0) is 13.9. The maximum Gasteiger partial charge on any atom is 0.240 e. The number of methoxy groups -OCH3 is 1. The predicted octanol–water partition coefficient (Wildman–Crippen LogP) is 1.94. The molecular formula is C15H22N2O2. The Bertz CT molecular complexity index is 457.